The first-order chi connectivity index (χ1) is 15.3. The van der Waals surface area contributed by atoms with Crippen molar-refractivity contribution in [3.8, 4) is 22.3 Å². The third-order valence-corrected chi connectivity index (χ3v) is 6.00. The number of aryl methyl sites for hydroxylation is 2. The monoisotopic (exact) mass is 470 g/mol. The van der Waals surface area contributed by atoms with E-state index in [4.69, 9.17) is 23.2 Å². The maximum absolute atomic E-state index is 12.2. The zero-order valence-corrected chi connectivity index (χ0v) is 19.4. The van der Waals surface area contributed by atoms with Crippen molar-refractivity contribution in [3.63, 3.8) is 0 Å². The van der Waals surface area contributed by atoms with E-state index in [0.717, 1.165) is 36.8 Å². The molecule has 32 heavy (non-hydrogen) atoms. The van der Waals surface area contributed by atoms with Gasteiger partial charge in [0.15, 0.2) is 0 Å². The van der Waals surface area contributed by atoms with Crippen LogP contribution in [0.15, 0.2) is 48.5 Å². The largest absolute Gasteiger partial charge is 0.478 e. The van der Waals surface area contributed by atoms with Crippen LogP contribution in [0.4, 0.5) is 0 Å². The minimum absolute atomic E-state index is 0.0301. The summed E-state index contributed by atoms with van der Waals surface area (Å²) in [6.45, 7) is 4.10. The van der Waals surface area contributed by atoms with E-state index in [1.54, 1.807) is 12.1 Å². The van der Waals surface area contributed by atoms with Crippen LogP contribution < -0.4 is 0 Å². The fraction of sp³-hybridized carbons (Fsp3) is 0.231. The second-order valence-corrected chi connectivity index (χ2v) is 8.46. The van der Waals surface area contributed by atoms with Crippen molar-refractivity contribution in [1.29, 1.82) is 0 Å². The molecule has 0 unspecified atom stereocenters. The van der Waals surface area contributed by atoms with E-state index in [1.165, 1.54) is 12.1 Å². The molecule has 3 rings (SSSR count). The second kappa shape index (κ2) is 10.2. The number of rotatable bonds is 8. The van der Waals surface area contributed by atoms with Crippen LogP contribution in [0.2, 0.25) is 10.0 Å². The molecule has 0 fully saturated rings. The topological polar surface area (TPSA) is 74.6 Å². The van der Waals surface area contributed by atoms with Gasteiger partial charge >= 0.3 is 11.9 Å². The SMILES string of the molecule is CCCc1ccc(Cl)c(-c2c(C(=O)O)ccc(C(=O)O)c2-c2cc(CCC)ccc2Cl)c1. The van der Waals surface area contributed by atoms with Gasteiger partial charge in [-0.15, -0.1) is 0 Å². The Morgan fingerprint density at radius 3 is 1.38 bits per heavy atom. The molecule has 0 saturated carbocycles. The molecule has 166 valence electrons. The van der Waals surface area contributed by atoms with Gasteiger partial charge in [0.2, 0.25) is 0 Å². The summed E-state index contributed by atoms with van der Waals surface area (Å²) in [6, 6.07) is 13.5. The van der Waals surface area contributed by atoms with Crippen LogP contribution in [0.5, 0.6) is 0 Å². The molecule has 6 heteroatoms. The summed E-state index contributed by atoms with van der Waals surface area (Å²) in [5, 5.41) is 20.6. The van der Waals surface area contributed by atoms with Gasteiger partial charge in [0.05, 0.1) is 11.1 Å². The number of carbonyl (C=O) groups is 2. The molecule has 3 aromatic carbocycles. The molecule has 0 aliphatic heterocycles. The molecule has 0 saturated heterocycles. The van der Waals surface area contributed by atoms with Gasteiger partial charge in [0, 0.05) is 32.3 Å². The summed E-state index contributed by atoms with van der Waals surface area (Å²) in [6.07, 6.45) is 3.38. The molecular weight excluding hydrogens is 447 g/mol. The van der Waals surface area contributed by atoms with Crippen LogP contribution >= 0.6 is 23.2 Å². The van der Waals surface area contributed by atoms with Gasteiger partial charge in [-0.05, 0) is 60.4 Å². The lowest BCUT2D eigenvalue weighted by molar-refractivity contribution is 0.0682. The number of benzene rings is 3. The van der Waals surface area contributed by atoms with E-state index in [0.29, 0.717) is 21.2 Å². The van der Waals surface area contributed by atoms with Crippen molar-refractivity contribution in [3.05, 3.63) is 80.8 Å². The van der Waals surface area contributed by atoms with E-state index in [1.807, 2.05) is 38.1 Å². The van der Waals surface area contributed by atoms with Crippen LogP contribution in [0.25, 0.3) is 22.3 Å². The van der Waals surface area contributed by atoms with Crippen molar-refractivity contribution in [2.24, 2.45) is 0 Å². The molecule has 0 bridgehead atoms. The van der Waals surface area contributed by atoms with Crippen LogP contribution in [-0.2, 0) is 12.8 Å². The van der Waals surface area contributed by atoms with E-state index < -0.39 is 11.9 Å². The van der Waals surface area contributed by atoms with Crippen LogP contribution in [0.3, 0.4) is 0 Å². The lowest BCUT2D eigenvalue weighted by Gasteiger charge is -2.19. The molecule has 3 aromatic rings. The van der Waals surface area contributed by atoms with Gasteiger partial charge in [0.25, 0.3) is 0 Å². The molecule has 4 nitrogen and oxygen atoms in total. The number of halogens is 2. The standard InChI is InChI=1S/C26H24Cl2O4/c1-3-5-15-7-11-21(27)19(13-15)23-17(25(29)30)9-10-18(26(31)32)24(23)20-14-16(6-4-2)8-12-22(20)28/h7-14H,3-6H2,1-2H3,(H,29,30)(H,31,32). The zero-order valence-electron chi connectivity index (χ0n) is 17.9. The predicted molar refractivity (Wildman–Crippen MR) is 129 cm³/mol. The highest BCUT2D eigenvalue weighted by Gasteiger charge is 2.26. The predicted octanol–water partition coefficient (Wildman–Crippen LogP) is 7.63. The van der Waals surface area contributed by atoms with Gasteiger partial charge in [-0.25, -0.2) is 9.59 Å². The van der Waals surface area contributed by atoms with E-state index >= 15 is 0 Å². The van der Waals surface area contributed by atoms with Crippen molar-refractivity contribution >= 4 is 35.1 Å². The summed E-state index contributed by atoms with van der Waals surface area (Å²) in [5.74, 6) is -2.34. The normalized spacial score (nSPS) is 10.9. The Morgan fingerprint density at radius 1 is 0.688 bits per heavy atom. The number of aromatic carboxylic acids is 2. The van der Waals surface area contributed by atoms with Gasteiger partial charge in [-0.3, -0.25) is 0 Å². The third kappa shape index (κ3) is 4.82. The Morgan fingerprint density at radius 2 is 1.06 bits per heavy atom. The van der Waals surface area contributed by atoms with Crippen molar-refractivity contribution in [2.75, 3.05) is 0 Å². The Balaban J connectivity index is 2.48. The minimum atomic E-state index is -1.17. The Kier molecular flexibility index (Phi) is 7.60. The fourth-order valence-electron chi connectivity index (χ4n) is 3.94. The first-order valence-electron chi connectivity index (χ1n) is 10.5. The first-order valence-corrected chi connectivity index (χ1v) is 11.2. The maximum atomic E-state index is 12.2. The molecule has 0 amide bonds. The zero-order chi connectivity index (χ0) is 23.4. The maximum Gasteiger partial charge on any atom is 0.336 e. The molecule has 0 aromatic heterocycles. The molecule has 0 radical (unpaired) electrons. The van der Waals surface area contributed by atoms with E-state index in [9.17, 15) is 19.8 Å². The number of carboxylic acids is 2. The Bertz CT molecular complexity index is 1090. The lowest BCUT2D eigenvalue weighted by Crippen LogP contribution is -2.08. The summed E-state index contributed by atoms with van der Waals surface area (Å²) in [5.41, 5.74) is 3.39. The second-order valence-electron chi connectivity index (χ2n) is 7.65. The average Bonchev–Trinajstić information content (AvgIpc) is 2.75. The van der Waals surface area contributed by atoms with E-state index in [-0.39, 0.29) is 22.3 Å². The molecular formula is C26H24Cl2O4. The molecule has 0 aliphatic rings. The minimum Gasteiger partial charge on any atom is -0.478 e. The Labute approximate surface area is 197 Å². The number of hydrogen-bond donors (Lipinski definition) is 2. The van der Waals surface area contributed by atoms with Crippen molar-refractivity contribution in [2.45, 2.75) is 39.5 Å². The summed E-state index contributed by atoms with van der Waals surface area (Å²) in [4.78, 5) is 24.4. The number of hydrogen-bond acceptors (Lipinski definition) is 2. The molecule has 0 aliphatic carbocycles. The van der Waals surface area contributed by atoms with Crippen molar-refractivity contribution in [1.82, 2.24) is 0 Å². The summed E-state index contributed by atoms with van der Waals surface area (Å²) in [7, 11) is 0. The van der Waals surface area contributed by atoms with Crippen LogP contribution in [-0.4, -0.2) is 22.2 Å². The highest BCUT2D eigenvalue weighted by Crippen LogP contribution is 2.44. The summed E-state index contributed by atoms with van der Waals surface area (Å²) < 4.78 is 0. The summed E-state index contributed by atoms with van der Waals surface area (Å²) >= 11 is 13.1. The van der Waals surface area contributed by atoms with Gasteiger partial charge in [0.1, 0.15) is 0 Å². The highest BCUT2D eigenvalue weighted by molar-refractivity contribution is 6.35. The van der Waals surface area contributed by atoms with Crippen LogP contribution in [0, 0.1) is 0 Å². The fourth-order valence-corrected chi connectivity index (χ4v) is 4.36. The molecule has 0 heterocycles. The van der Waals surface area contributed by atoms with Gasteiger partial charge < -0.3 is 10.2 Å². The van der Waals surface area contributed by atoms with Crippen molar-refractivity contribution < 1.29 is 19.8 Å². The number of carboxylic acid groups (broad SMARTS) is 2. The first kappa shape index (κ1) is 23.8. The van der Waals surface area contributed by atoms with Gasteiger partial charge in [-0.1, -0.05) is 62.0 Å². The molecule has 0 spiro atoms. The molecule has 2 N–H and O–H groups in total. The van der Waals surface area contributed by atoms with Crippen LogP contribution in [0.1, 0.15) is 58.5 Å². The van der Waals surface area contributed by atoms with E-state index in [2.05, 4.69) is 0 Å². The van der Waals surface area contributed by atoms with Gasteiger partial charge in [-0.2, -0.15) is 0 Å². The quantitative estimate of drug-likeness (QED) is 0.354. The Hall–Kier alpha value is -2.82. The highest BCUT2D eigenvalue weighted by atomic mass is 35.5. The average molecular weight is 471 g/mol. The molecule has 0 atom stereocenters. The smallest absolute Gasteiger partial charge is 0.336 e. The lowest BCUT2D eigenvalue weighted by atomic mass is 9.85. The third-order valence-electron chi connectivity index (χ3n) is 5.34.